The molecule has 1 nitrogen and oxygen atoms in total. The van der Waals surface area contributed by atoms with E-state index in [0.717, 1.165) is 4.48 Å². The van der Waals surface area contributed by atoms with Crippen LogP contribution in [0.1, 0.15) is 0 Å². The zero-order valence-corrected chi connectivity index (χ0v) is 11.0. The first-order valence-electron chi connectivity index (χ1n) is 3.72. The molecule has 0 heterocycles. The van der Waals surface area contributed by atoms with Gasteiger partial charge in [0.25, 0.3) is 0 Å². The maximum absolute atomic E-state index is 13.2. The number of hydrogen-bond donors (Lipinski definition) is 1. The van der Waals surface area contributed by atoms with Gasteiger partial charge in [0.05, 0.1) is 9.50 Å². The highest BCUT2D eigenvalue weighted by molar-refractivity contribution is 9.11. The van der Waals surface area contributed by atoms with Crippen LogP contribution in [0.4, 0.5) is 10.1 Å². The zero-order chi connectivity index (χ0) is 10.7. The van der Waals surface area contributed by atoms with Gasteiger partial charge in [-0.2, -0.15) is 0 Å². The summed E-state index contributed by atoms with van der Waals surface area (Å²) >= 11 is 12.0. The Balaban J connectivity index is 2.84. The average molecular weight is 343 g/mol. The van der Waals surface area contributed by atoms with Gasteiger partial charge in [-0.1, -0.05) is 34.1 Å². The van der Waals surface area contributed by atoms with Crippen LogP contribution >= 0.6 is 43.5 Å². The molecule has 0 spiro atoms. The predicted octanol–water partition coefficient (Wildman–Crippen LogP) is 4.56. The van der Waals surface area contributed by atoms with Gasteiger partial charge in [-0.25, -0.2) is 4.39 Å². The molecule has 0 atom stereocenters. The average Bonchev–Trinajstić information content (AvgIpc) is 2.10. The van der Waals surface area contributed by atoms with Crippen LogP contribution in [-0.2, 0) is 0 Å². The molecule has 0 unspecified atom stereocenters. The number of anilines is 1. The fraction of sp³-hybridized carbons (Fsp3) is 0.111. The second-order valence-electron chi connectivity index (χ2n) is 2.62. The van der Waals surface area contributed by atoms with E-state index in [0.29, 0.717) is 17.3 Å². The summed E-state index contributed by atoms with van der Waals surface area (Å²) in [6.45, 7) is 4.18. The molecule has 0 aromatic heterocycles. The minimum absolute atomic E-state index is 0.280. The van der Waals surface area contributed by atoms with Crippen molar-refractivity contribution >= 4 is 49.1 Å². The van der Waals surface area contributed by atoms with Crippen LogP contribution in [-0.4, -0.2) is 6.54 Å². The highest BCUT2D eigenvalue weighted by Gasteiger charge is 2.06. The summed E-state index contributed by atoms with van der Waals surface area (Å²) in [5.41, 5.74) is 0.622. The van der Waals surface area contributed by atoms with E-state index in [1.807, 2.05) is 0 Å². The zero-order valence-electron chi connectivity index (χ0n) is 7.08. The lowest BCUT2D eigenvalue weighted by molar-refractivity contribution is 0.621. The van der Waals surface area contributed by atoms with E-state index >= 15 is 0 Å². The largest absolute Gasteiger partial charge is 0.380 e. The molecule has 5 heteroatoms. The van der Waals surface area contributed by atoms with Crippen LogP contribution in [0.2, 0.25) is 5.02 Å². The van der Waals surface area contributed by atoms with Gasteiger partial charge < -0.3 is 5.32 Å². The lowest BCUT2D eigenvalue weighted by Crippen LogP contribution is -2.01. The summed E-state index contributed by atoms with van der Waals surface area (Å²) in [6, 6.07) is 3.01. The monoisotopic (exact) mass is 341 g/mol. The summed E-state index contributed by atoms with van der Waals surface area (Å²) in [5.74, 6) is -0.389. The molecule has 0 radical (unpaired) electrons. The molecule has 0 saturated carbocycles. The van der Waals surface area contributed by atoms with E-state index in [2.05, 4.69) is 43.8 Å². The maximum Gasteiger partial charge on any atom is 0.140 e. The van der Waals surface area contributed by atoms with Crippen LogP contribution in [0.5, 0.6) is 0 Å². The minimum atomic E-state index is -0.389. The maximum atomic E-state index is 13.2. The van der Waals surface area contributed by atoms with Crippen molar-refractivity contribution in [3.63, 3.8) is 0 Å². The third kappa shape index (κ3) is 3.26. The van der Waals surface area contributed by atoms with E-state index < -0.39 is 0 Å². The van der Waals surface area contributed by atoms with Crippen molar-refractivity contribution in [2.75, 3.05) is 11.9 Å². The second kappa shape index (κ2) is 5.14. The summed E-state index contributed by atoms with van der Waals surface area (Å²) < 4.78 is 14.2. The number of rotatable bonds is 3. The number of halogens is 4. The van der Waals surface area contributed by atoms with Crippen LogP contribution in [0.15, 0.2) is 27.7 Å². The Morgan fingerprint density at radius 3 is 2.71 bits per heavy atom. The van der Waals surface area contributed by atoms with Crippen molar-refractivity contribution in [3.8, 4) is 0 Å². The molecular weight excluding hydrogens is 336 g/mol. The molecule has 1 N–H and O–H groups in total. The molecular formula is C9H7Br2ClFN. The van der Waals surface area contributed by atoms with Gasteiger partial charge in [0.2, 0.25) is 0 Å². The molecule has 76 valence electrons. The molecule has 0 amide bonds. The van der Waals surface area contributed by atoms with Gasteiger partial charge in [0, 0.05) is 16.7 Å². The fourth-order valence-electron chi connectivity index (χ4n) is 0.856. The standard InChI is InChI=1S/C9H7Br2ClFN/c1-5(10)4-14-6-2-7(12)9(11)8(13)3-6/h2-3,14H,1,4H2. The first kappa shape index (κ1) is 12.0. The SMILES string of the molecule is C=C(Br)CNc1cc(F)c(Br)c(Cl)c1. The van der Waals surface area contributed by atoms with Gasteiger partial charge in [-0.05, 0) is 28.1 Å². The molecule has 1 aromatic rings. The molecule has 14 heavy (non-hydrogen) atoms. The molecule has 0 aliphatic carbocycles. The van der Waals surface area contributed by atoms with Gasteiger partial charge in [0.15, 0.2) is 0 Å². The quantitative estimate of drug-likeness (QED) is 0.793. The van der Waals surface area contributed by atoms with Crippen LogP contribution in [0.25, 0.3) is 0 Å². The van der Waals surface area contributed by atoms with E-state index in [9.17, 15) is 4.39 Å². The van der Waals surface area contributed by atoms with Crippen molar-refractivity contribution in [2.24, 2.45) is 0 Å². The van der Waals surface area contributed by atoms with Crippen molar-refractivity contribution in [1.82, 2.24) is 0 Å². The van der Waals surface area contributed by atoms with Crippen molar-refractivity contribution in [2.45, 2.75) is 0 Å². The molecule has 0 bridgehead atoms. The highest BCUT2D eigenvalue weighted by atomic mass is 79.9. The van der Waals surface area contributed by atoms with Gasteiger partial charge in [-0.15, -0.1) is 0 Å². The van der Waals surface area contributed by atoms with Gasteiger partial charge in [0.1, 0.15) is 5.82 Å². The highest BCUT2D eigenvalue weighted by Crippen LogP contribution is 2.29. The fourth-order valence-corrected chi connectivity index (χ4v) is 1.43. The topological polar surface area (TPSA) is 12.0 Å². The molecule has 0 aliphatic heterocycles. The second-order valence-corrected chi connectivity index (χ2v) is 4.95. The Morgan fingerprint density at radius 1 is 1.57 bits per heavy atom. The normalized spacial score (nSPS) is 10.0. The van der Waals surface area contributed by atoms with E-state index in [1.165, 1.54) is 6.07 Å². The van der Waals surface area contributed by atoms with Crippen molar-refractivity contribution < 1.29 is 4.39 Å². The van der Waals surface area contributed by atoms with Crippen LogP contribution in [0.3, 0.4) is 0 Å². The Kier molecular flexibility index (Phi) is 4.41. The van der Waals surface area contributed by atoms with E-state index in [-0.39, 0.29) is 10.3 Å². The molecule has 1 aromatic carbocycles. The Morgan fingerprint density at radius 2 is 2.21 bits per heavy atom. The van der Waals surface area contributed by atoms with Gasteiger partial charge in [-0.3, -0.25) is 0 Å². The minimum Gasteiger partial charge on any atom is -0.380 e. The first-order chi connectivity index (χ1) is 6.50. The number of nitrogens with one attached hydrogen (secondary N) is 1. The van der Waals surface area contributed by atoms with Gasteiger partial charge >= 0.3 is 0 Å². The third-order valence-corrected chi connectivity index (χ3v) is 3.08. The lowest BCUT2D eigenvalue weighted by atomic mass is 10.3. The summed E-state index contributed by atoms with van der Waals surface area (Å²) in [7, 11) is 0. The molecule has 1 rings (SSSR count). The Bertz CT molecular complexity index is 345. The van der Waals surface area contributed by atoms with Crippen LogP contribution < -0.4 is 5.32 Å². The lowest BCUT2D eigenvalue weighted by Gasteiger charge is -2.07. The summed E-state index contributed by atoms with van der Waals surface area (Å²) in [5, 5.41) is 3.30. The molecule has 0 fully saturated rings. The summed E-state index contributed by atoms with van der Waals surface area (Å²) in [4.78, 5) is 0. The van der Waals surface area contributed by atoms with Crippen LogP contribution in [0, 0.1) is 5.82 Å². The first-order valence-corrected chi connectivity index (χ1v) is 5.69. The Hall–Kier alpha value is -0.0600. The van der Waals surface area contributed by atoms with Crippen molar-refractivity contribution in [3.05, 3.63) is 38.5 Å². The number of benzene rings is 1. The number of hydrogen-bond acceptors (Lipinski definition) is 1. The van der Waals surface area contributed by atoms with E-state index in [1.54, 1.807) is 6.07 Å². The predicted molar refractivity (Wildman–Crippen MR) is 65.7 cm³/mol. The smallest absolute Gasteiger partial charge is 0.140 e. The van der Waals surface area contributed by atoms with Crippen molar-refractivity contribution in [1.29, 1.82) is 0 Å². The molecule has 0 saturated heterocycles. The third-order valence-electron chi connectivity index (χ3n) is 1.47. The molecule has 0 aliphatic rings. The summed E-state index contributed by atoms with van der Waals surface area (Å²) in [6.07, 6.45) is 0. The van der Waals surface area contributed by atoms with E-state index in [4.69, 9.17) is 11.6 Å². The Labute approximate surface area is 104 Å².